The summed E-state index contributed by atoms with van der Waals surface area (Å²) in [6.45, 7) is 5.47. The van der Waals surface area contributed by atoms with Crippen LogP contribution in [0.5, 0.6) is 0 Å². The minimum atomic E-state index is -0.557. The topological polar surface area (TPSA) is 46.6 Å². The molecule has 100 valence electrons. The van der Waals surface area contributed by atoms with E-state index in [1.165, 1.54) is 4.90 Å². The molecule has 2 saturated carbocycles. The summed E-state index contributed by atoms with van der Waals surface area (Å²) in [7, 11) is 0. The van der Waals surface area contributed by atoms with Crippen molar-refractivity contribution in [2.75, 3.05) is 0 Å². The van der Waals surface area contributed by atoms with Crippen molar-refractivity contribution < 1.29 is 14.3 Å². The Morgan fingerprint density at radius 1 is 1.39 bits per heavy atom. The molecule has 3 fully saturated rings. The van der Waals surface area contributed by atoms with Crippen LogP contribution in [0, 0.1) is 17.8 Å². The van der Waals surface area contributed by atoms with Gasteiger partial charge in [0, 0.05) is 10.7 Å². The highest BCUT2D eigenvalue weighted by Crippen LogP contribution is 2.57. The van der Waals surface area contributed by atoms with Crippen LogP contribution >= 0.6 is 15.9 Å². The van der Waals surface area contributed by atoms with E-state index in [1.807, 2.05) is 20.8 Å². The first-order chi connectivity index (χ1) is 8.29. The Bertz CT molecular complexity index is 417. The molecule has 5 atom stereocenters. The second kappa shape index (κ2) is 3.71. The van der Waals surface area contributed by atoms with Gasteiger partial charge in [0.2, 0.25) is 5.91 Å². The lowest BCUT2D eigenvalue weighted by Crippen LogP contribution is -2.45. The number of rotatable bonds is 0. The molecule has 18 heavy (non-hydrogen) atoms. The van der Waals surface area contributed by atoms with Gasteiger partial charge in [-0.1, -0.05) is 15.9 Å². The number of hydrogen-bond donors (Lipinski definition) is 0. The summed E-state index contributed by atoms with van der Waals surface area (Å²) in [6, 6.07) is 0.0103. The number of hydrogen-bond acceptors (Lipinski definition) is 3. The number of imide groups is 1. The van der Waals surface area contributed by atoms with Crippen LogP contribution < -0.4 is 0 Å². The van der Waals surface area contributed by atoms with Crippen molar-refractivity contribution in [3.8, 4) is 0 Å². The fourth-order valence-electron chi connectivity index (χ4n) is 3.73. The van der Waals surface area contributed by atoms with Crippen LogP contribution in [0.1, 0.15) is 33.6 Å². The number of alkyl halides is 1. The summed E-state index contributed by atoms with van der Waals surface area (Å²) in [5.74, 6) is 0.922. The highest BCUT2D eigenvalue weighted by Gasteiger charge is 2.64. The van der Waals surface area contributed by atoms with Gasteiger partial charge in [0.25, 0.3) is 0 Å². The summed E-state index contributed by atoms with van der Waals surface area (Å²) in [5.41, 5.74) is -0.557. The molecule has 1 heterocycles. The lowest BCUT2D eigenvalue weighted by Gasteiger charge is -2.29. The van der Waals surface area contributed by atoms with Crippen molar-refractivity contribution in [2.45, 2.75) is 50.1 Å². The van der Waals surface area contributed by atoms with Crippen LogP contribution in [0.4, 0.5) is 4.79 Å². The molecule has 3 rings (SSSR count). The molecule has 1 aliphatic heterocycles. The summed E-state index contributed by atoms with van der Waals surface area (Å²) in [5, 5.41) is 0. The Hall–Kier alpha value is -0.580. The monoisotopic (exact) mass is 315 g/mol. The average molecular weight is 316 g/mol. The van der Waals surface area contributed by atoms with Crippen molar-refractivity contribution in [1.29, 1.82) is 0 Å². The highest BCUT2D eigenvalue weighted by atomic mass is 79.9. The molecular formula is C13H18BrNO3. The summed E-state index contributed by atoms with van der Waals surface area (Å²) < 4.78 is 5.36. The number of nitrogens with zero attached hydrogens (tertiary/aromatic N) is 1. The number of amides is 2. The molecule has 0 spiro atoms. The largest absolute Gasteiger partial charge is 0.443 e. The van der Waals surface area contributed by atoms with Gasteiger partial charge < -0.3 is 4.74 Å². The first-order valence-electron chi connectivity index (χ1n) is 6.50. The van der Waals surface area contributed by atoms with E-state index in [4.69, 9.17) is 4.74 Å². The third kappa shape index (κ3) is 1.63. The predicted octanol–water partition coefficient (Wildman–Crippen LogP) is 2.55. The maximum Gasteiger partial charge on any atom is 0.417 e. The Morgan fingerprint density at radius 3 is 2.61 bits per heavy atom. The van der Waals surface area contributed by atoms with E-state index in [9.17, 15) is 9.59 Å². The maximum absolute atomic E-state index is 12.3. The van der Waals surface area contributed by atoms with Gasteiger partial charge in [-0.25, -0.2) is 9.69 Å². The number of halogens is 1. The van der Waals surface area contributed by atoms with E-state index in [0.717, 1.165) is 12.8 Å². The van der Waals surface area contributed by atoms with Gasteiger partial charge >= 0.3 is 6.09 Å². The molecule has 0 aromatic heterocycles. The van der Waals surface area contributed by atoms with Crippen LogP contribution in [0.3, 0.4) is 0 Å². The van der Waals surface area contributed by atoms with Gasteiger partial charge in [0.1, 0.15) is 5.60 Å². The van der Waals surface area contributed by atoms with E-state index in [1.54, 1.807) is 0 Å². The molecule has 2 bridgehead atoms. The number of carbonyl (C=O) groups is 2. The molecule has 4 nitrogen and oxygen atoms in total. The minimum Gasteiger partial charge on any atom is -0.443 e. The molecule has 0 aromatic carbocycles. The zero-order chi connectivity index (χ0) is 13.2. The predicted molar refractivity (Wildman–Crippen MR) is 69.3 cm³/mol. The molecule has 0 radical (unpaired) electrons. The number of carbonyl (C=O) groups excluding carboxylic acids is 2. The molecule has 5 unspecified atom stereocenters. The third-order valence-electron chi connectivity index (χ3n) is 4.31. The van der Waals surface area contributed by atoms with Gasteiger partial charge in [-0.05, 0) is 45.4 Å². The fraction of sp³-hybridized carbons (Fsp3) is 0.846. The minimum absolute atomic E-state index is 0.0103. The number of ether oxygens (including phenoxy) is 1. The molecule has 0 N–H and O–H groups in total. The van der Waals surface area contributed by atoms with Crippen LogP contribution in [0.15, 0.2) is 0 Å². The molecule has 1 saturated heterocycles. The number of fused-ring (bicyclic) bond motifs is 1. The fourth-order valence-corrected chi connectivity index (χ4v) is 4.79. The van der Waals surface area contributed by atoms with Crippen molar-refractivity contribution >= 4 is 27.9 Å². The van der Waals surface area contributed by atoms with Gasteiger partial charge in [0.15, 0.2) is 0 Å². The molecule has 3 aliphatic rings. The lowest BCUT2D eigenvalue weighted by atomic mass is 9.90. The van der Waals surface area contributed by atoms with Crippen LogP contribution in [-0.4, -0.2) is 33.4 Å². The van der Waals surface area contributed by atoms with E-state index < -0.39 is 11.7 Å². The second-order valence-corrected chi connectivity index (χ2v) is 7.68. The quantitative estimate of drug-likeness (QED) is 0.645. The van der Waals surface area contributed by atoms with Gasteiger partial charge in [-0.2, -0.15) is 0 Å². The third-order valence-corrected chi connectivity index (χ3v) is 5.60. The standard InChI is InChI=1S/C13H18BrNO3/c1-13(2,3)18-12(17)15-10-7-4-6(9(10)14)5-8(7)11(15)16/h6-10H,4-5H2,1-3H3. The first-order valence-corrected chi connectivity index (χ1v) is 7.41. The van der Waals surface area contributed by atoms with Crippen LogP contribution in [0.2, 0.25) is 0 Å². The van der Waals surface area contributed by atoms with E-state index in [-0.39, 0.29) is 22.7 Å². The highest BCUT2D eigenvalue weighted by molar-refractivity contribution is 9.09. The average Bonchev–Trinajstić information content (AvgIpc) is 2.79. The van der Waals surface area contributed by atoms with E-state index >= 15 is 0 Å². The molecule has 5 heteroatoms. The van der Waals surface area contributed by atoms with Gasteiger partial charge in [-0.15, -0.1) is 0 Å². The maximum atomic E-state index is 12.3. The van der Waals surface area contributed by atoms with Crippen molar-refractivity contribution in [3.05, 3.63) is 0 Å². The summed E-state index contributed by atoms with van der Waals surface area (Å²) >= 11 is 3.66. The number of likely N-dealkylation sites (tertiary alicyclic amines) is 1. The van der Waals surface area contributed by atoms with Gasteiger partial charge in [-0.3, -0.25) is 4.79 Å². The lowest BCUT2D eigenvalue weighted by molar-refractivity contribution is -0.130. The Morgan fingerprint density at radius 2 is 2.06 bits per heavy atom. The van der Waals surface area contributed by atoms with Crippen molar-refractivity contribution in [3.63, 3.8) is 0 Å². The zero-order valence-corrected chi connectivity index (χ0v) is 12.4. The Labute approximate surface area is 115 Å². The molecular weight excluding hydrogens is 298 g/mol. The van der Waals surface area contributed by atoms with Crippen molar-refractivity contribution in [1.82, 2.24) is 4.90 Å². The SMILES string of the molecule is CC(C)(C)OC(=O)N1C(=O)C2CC3CC2C1C3Br. The molecule has 2 amide bonds. The Balaban J connectivity index is 1.85. The van der Waals surface area contributed by atoms with Crippen LogP contribution in [0.25, 0.3) is 0 Å². The van der Waals surface area contributed by atoms with E-state index in [2.05, 4.69) is 15.9 Å². The van der Waals surface area contributed by atoms with Crippen molar-refractivity contribution in [2.24, 2.45) is 17.8 Å². The Kier molecular flexibility index (Phi) is 2.57. The zero-order valence-electron chi connectivity index (χ0n) is 10.9. The molecule has 2 aliphatic carbocycles. The van der Waals surface area contributed by atoms with Crippen LogP contribution in [-0.2, 0) is 9.53 Å². The second-order valence-electron chi connectivity index (χ2n) is 6.63. The van der Waals surface area contributed by atoms with E-state index in [0.29, 0.717) is 11.8 Å². The summed E-state index contributed by atoms with van der Waals surface area (Å²) in [6.07, 6.45) is 1.52. The normalized spacial score (nSPS) is 41.7. The first kappa shape index (κ1) is 12.5. The van der Waals surface area contributed by atoms with Gasteiger partial charge in [0.05, 0.1) is 6.04 Å². The summed E-state index contributed by atoms with van der Waals surface area (Å²) in [4.78, 5) is 26.1. The smallest absolute Gasteiger partial charge is 0.417 e. The molecule has 0 aromatic rings.